The molecule has 0 aliphatic carbocycles. The van der Waals surface area contributed by atoms with E-state index in [1.54, 1.807) is 0 Å². The Morgan fingerprint density at radius 3 is 2.36 bits per heavy atom. The van der Waals surface area contributed by atoms with Gasteiger partial charge >= 0.3 is 6.18 Å². The van der Waals surface area contributed by atoms with Gasteiger partial charge < -0.3 is 10.6 Å². The molecule has 0 bridgehead atoms. The Morgan fingerprint density at radius 1 is 1.07 bits per heavy atom. The molecule has 2 N–H and O–H groups in total. The van der Waals surface area contributed by atoms with Crippen molar-refractivity contribution in [1.82, 2.24) is 4.90 Å². The number of likely N-dealkylation sites (tertiary alicyclic amines) is 1. The number of amides is 1. The topological polar surface area (TPSA) is 44.4 Å². The number of anilines is 2. The van der Waals surface area contributed by atoms with E-state index in [0.29, 0.717) is 13.1 Å². The summed E-state index contributed by atoms with van der Waals surface area (Å²) in [7, 11) is 0. The minimum atomic E-state index is -4.32. The van der Waals surface area contributed by atoms with Crippen LogP contribution in [-0.4, -0.2) is 30.4 Å². The van der Waals surface area contributed by atoms with E-state index in [1.807, 2.05) is 25.1 Å². The maximum Gasteiger partial charge on any atom is 0.416 e. The summed E-state index contributed by atoms with van der Waals surface area (Å²) < 4.78 is 37.8. The van der Waals surface area contributed by atoms with Crippen LogP contribution in [0.3, 0.4) is 0 Å². The van der Waals surface area contributed by atoms with Gasteiger partial charge in [0.1, 0.15) is 0 Å². The molecule has 28 heavy (non-hydrogen) atoms. The SMILES string of the molecule is Cc1cc(NCc2ccc(C(F)(F)F)cc2)ccc1NC(=O)CN1CCCC1. The van der Waals surface area contributed by atoms with Gasteiger partial charge in [0.2, 0.25) is 5.91 Å². The summed E-state index contributed by atoms with van der Waals surface area (Å²) in [5.41, 5.74) is 2.64. The van der Waals surface area contributed by atoms with Crippen molar-refractivity contribution in [1.29, 1.82) is 0 Å². The van der Waals surface area contributed by atoms with E-state index in [9.17, 15) is 18.0 Å². The molecule has 0 radical (unpaired) electrons. The highest BCUT2D eigenvalue weighted by molar-refractivity contribution is 5.93. The number of alkyl halides is 3. The third kappa shape index (κ3) is 5.48. The predicted octanol–water partition coefficient (Wildman–Crippen LogP) is 4.66. The lowest BCUT2D eigenvalue weighted by molar-refractivity contribution is -0.137. The van der Waals surface area contributed by atoms with Gasteiger partial charge in [0.05, 0.1) is 12.1 Å². The molecule has 0 saturated carbocycles. The molecule has 1 fully saturated rings. The first kappa shape index (κ1) is 20.2. The number of nitrogens with zero attached hydrogens (tertiary/aromatic N) is 1. The van der Waals surface area contributed by atoms with E-state index in [0.717, 1.165) is 60.6 Å². The number of halogens is 3. The number of nitrogens with one attached hydrogen (secondary N) is 2. The molecule has 1 aliphatic rings. The van der Waals surface area contributed by atoms with Crippen LogP contribution in [0.4, 0.5) is 24.5 Å². The van der Waals surface area contributed by atoms with Crippen molar-refractivity contribution in [3.8, 4) is 0 Å². The van der Waals surface area contributed by atoms with Gasteiger partial charge in [-0.15, -0.1) is 0 Å². The normalized spacial score (nSPS) is 14.9. The van der Waals surface area contributed by atoms with Gasteiger partial charge in [0.15, 0.2) is 0 Å². The number of carbonyl (C=O) groups excluding carboxylic acids is 1. The molecule has 1 saturated heterocycles. The third-order valence-corrected chi connectivity index (χ3v) is 4.84. The van der Waals surface area contributed by atoms with Crippen molar-refractivity contribution < 1.29 is 18.0 Å². The lowest BCUT2D eigenvalue weighted by Crippen LogP contribution is -2.31. The van der Waals surface area contributed by atoms with Crippen molar-refractivity contribution in [2.45, 2.75) is 32.5 Å². The van der Waals surface area contributed by atoms with Crippen molar-refractivity contribution >= 4 is 17.3 Å². The number of benzene rings is 2. The molecule has 0 spiro atoms. The fourth-order valence-electron chi connectivity index (χ4n) is 3.26. The van der Waals surface area contributed by atoms with Crippen LogP contribution in [-0.2, 0) is 17.5 Å². The highest BCUT2D eigenvalue weighted by atomic mass is 19.4. The van der Waals surface area contributed by atoms with Gasteiger partial charge in [-0.2, -0.15) is 13.2 Å². The third-order valence-electron chi connectivity index (χ3n) is 4.84. The monoisotopic (exact) mass is 391 g/mol. The lowest BCUT2D eigenvalue weighted by Gasteiger charge is -2.16. The van der Waals surface area contributed by atoms with Crippen molar-refractivity contribution in [2.24, 2.45) is 0 Å². The van der Waals surface area contributed by atoms with Crippen LogP contribution >= 0.6 is 0 Å². The summed E-state index contributed by atoms with van der Waals surface area (Å²) in [6.45, 7) is 4.68. The molecule has 1 amide bonds. The van der Waals surface area contributed by atoms with Gasteiger partial charge in [-0.3, -0.25) is 9.69 Å². The summed E-state index contributed by atoms with van der Waals surface area (Å²) in [4.78, 5) is 14.3. The van der Waals surface area contributed by atoms with Gasteiger partial charge in [-0.25, -0.2) is 0 Å². The van der Waals surface area contributed by atoms with E-state index >= 15 is 0 Å². The Bertz CT molecular complexity index is 813. The quantitative estimate of drug-likeness (QED) is 0.753. The second kappa shape index (κ2) is 8.65. The molecule has 1 heterocycles. The largest absolute Gasteiger partial charge is 0.416 e. The number of carbonyl (C=O) groups is 1. The van der Waals surface area contributed by atoms with Crippen molar-refractivity contribution in [2.75, 3.05) is 30.3 Å². The van der Waals surface area contributed by atoms with Crippen LogP contribution in [0.15, 0.2) is 42.5 Å². The number of aryl methyl sites for hydroxylation is 1. The summed E-state index contributed by atoms with van der Waals surface area (Å²) in [5.74, 6) is -0.0181. The zero-order valence-corrected chi connectivity index (χ0v) is 15.8. The van der Waals surface area contributed by atoms with Crippen LogP contribution in [0.5, 0.6) is 0 Å². The molecule has 0 atom stereocenters. The first-order chi connectivity index (χ1) is 13.3. The Balaban J connectivity index is 1.54. The Hall–Kier alpha value is -2.54. The first-order valence-electron chi connectivity index (χ1n) is 9.34. The van der Waals surface area contributed by atoms with Gasteiger partial charge in [0.25, 0.3) is 0 Å². The van der Waals surface area contributed by atoms with Gasteiger partial charge in [-0.05, 0) is 74.3 Å². The van der Waals surface area contributed by atoms with Crippen LogP contribution < -0.4 is 10.6 Å². The number of rotatable bonds is 6. The van der Waals surface area contributed by atoms with Crippen LogP contribution in [0.1, 0.15) is 29.5 Å². The smallest absolute Gasteiger partial charge is 0.381 e. The molecule has 3 rings (SSSR count). The molecule has 7 heteroatoms. The standard InChI is InChI=1S/C21H24F3N3O/c1-15-12-18(25-13-16-4-6-17(7-5-16)21(22,23)24)8-9-19(15)26-20(28)14-27-10-2-3-11-27/h4-9,12,25H,2-3,10-11,13-14H2,1H3,(H,26,28). The predicted molar refractivity (Wildman–Crippen MR) is 104 cm³/mol. The minimum Gasteiger partial charge on any atom is -0.381 e. The zero-order chi connectivity index (χ0) is 20.1. The summed E-state index contributed by atoms with van der Waals surface area (Å²) >= 11 is 0. The highest BCUT2D eigenvalue weighted by Crippen LogP contribution is 2.29. The molecular formula is C21H24F3N3O. The van der Waals surface area contributed by atoms with Gasteiger partial charge in [-0.1, -0.05) is 12.1 Å². The molecule has 0 aromatic heterocycles. The van der Waals surface area contributed by atoms with E-state index in [2.05, 4.69) is 15.5 Å². The average molecular weight is 391 g/mol. The van der Waals surface area contributed by atoms with E-state index < -0.39 is 11.7 Å². The zero-order valence-electron chi connectivity index (χ0n) is 15.8. The fourth-order valence-corrected chi connectivity index (χ4v) is 3.26. The second-order valence-electron chi connectivity index (χ2n) is 7.11. The average Bonchev–Trinajstić information content (AvgIpc) is 3.14. The molecule has 0 unspecified atom stereocenters. The summed E-state index contributed by atoms with van der Waals surface area (Å²) in [6, 6.07) is 10.7. The molecule has 1 aliphatic heterocycles. The molecule has 2 aromatic carbocycles. The maximum absolute atomic E-state index is 12.6. The molecular weight excluding hydrogens is 367 g/mol. The summed E-state index contributed by atoms with van der Waals surface area (Å²) in [6.07, 6.45) is -2.03. The molecule has 2 aromatic rings. The lowest BCUT2D eigenvalue weighted by atomic mass is 10.1. The Labute approximate surface area is 162 Å². The van der Waals surface area contributed by atoms with E-state index in [-0.39, 0.29) is 5.91 Å². The molecule has 4 nitrogen and oxygen atoms in total. The van der Waals surface area contributed by atoms with E-state index in [1.165, 1.54) is 12.1 Å². The van der Waals surface area contributed by atoms with Crippen LogP contribution in [0.2, 0.25) is 0 Å². The van der Waals surface area contributed by atoms with E-state index in [4.69, 9.17) is 0 Å². The fraction of sp³-hybridized carbons (Fsp3) is 0.381. The van der Waals surface area contributed by atoms with Crippen LogP contribution in [0.25, 0.3) is 0 Å². The Morgan fingerprint density at radius 2 is 1.75 bits per heavy atom. The van der Waals surface area contributed by atoms with Crippen molar-refractivity contribution in [3.63, 3.8) is 0 Å². The van der Waals surface area contributed by atoms with Crippen LogP contribution in [0, 0.1) is 6.92 Å². The number of hydrogen-bond donors (Lipinski definition) is 2. The second-order valence-corrected chi connectivity index (χ2v) is 7.11. The highest BCUT2D eigenvalue weighted by Gasteiger charge is 2.29. The van der Waals surface area contributed by atoms with Gasteiger partial charge in [0, 0.05) is 17.9 Å². The maximum atomic E-state index is 12.6. The number of hydrogen-bond acceptors (Lipinski definition) is 3. The summed E-state index contributed by atoms with van der Waals surface area (Å²) in [5, 5.41) is 6.14. The molecule has 150 valence electrons. The first-order valence-corrected chi connectivity index (χ1v) is 9.34. The Kier molecular flexibility index (Phi) is 6.24. The minimum absolute atomic E-state index is 0.0181. The van der Waals surface area contributed by atoms with Crippen molar-refractivity contribution in [3.05, 3.63) is 59.2 Å².